The summed E-state index contributed by atoms with van der Waals surface area (Å²) in [5, 5.41) is 16.7. The number of rotatable bonds is 7. The number of hydrogen-bond donors (Lipinski definition) is 2. The van der Waals surface area contributed by atoms with Crippen LogP contribution in [0.3, 0.4) is 0 Å². The number of para-hydroxylation sites is 1. The maximum atomic E-state index is 12.7. The van der Waals surface area contributed by atoms with E-state index in [2.05, 4.69) is 10.6 Å². The zero-order valence-corrected chi connectivity index (χ0v) is 16.1. The lowest BCUT2D eigenvalue weighted by Crippen LogP contribution is -2.28. The highest BCUT2D eigenvalue weighted by Crippen LogP contribution is 2.26. The van der Waals surface area contributed by atoms with Gasteiger partial charge in [-0.1, -0.05) is 26.0 Å². The molecule has 0 saturated carbocycles. The van der Waals surface area contributed by atoms with Crippen LogP contribution in [0.2, 0.25) is 0 Å². The number of amides is 2. The fourth-order valence-electron chi connectivity index (χ4n) is 2.36. The molecule has 8 heteroatoms. The molecular weight excluding hydrogens is 366 g/mol. The van der Waals surface area contributed by atoms with Crippen molar-refractivity contribution in [2.75, 3.05) is 18.1 Å². The van der Waals surface area contributed by atoms with E-state index in [1.54, 1.807) is 30.3 Å². The number of thioether (sulfide) groups is 1. The van der Waals surface area contributed by atoms with Crippen molar-refractivity contribution in [1.82, 2.24) is 5.32 Å². The summed E-state index contributed by atoms with van der Waals surface area (Å²) in [6.07, 6.45) is 1.82. The molecule has 0 aliphatic carbocycles. The number of nitro groups is 1. The number of nitrogens with one attached hydrogen (secondary N) is 2. The average molecular weight is 387 g/mol. The van der Waals surface area contributed by atoms with Crippen LogP contribution in [-0.2, 0) is 0 Å². The van der Waals surface area contributed by atoms with Crippen molar-refractivity contribution in [3.63, 3.8) is 0 Å². The lowest BCUT2D eigenvalue weighted by molar-refractivity contribution is -0.385. The number of hydrogen-bond acceptors (Lipinski definition) is 5. The van der Waals surface area contributed by atoms with Gasteiger partial charge in [-0.15, -0.1) is 11.8 Å². The van der Waals surface area contributed by atoms with Gasteiger partial charge < -0.3 is 10.6 Å². The lowest BCUT2D eigenvalue weighted by Gasteiger charge is -2.13. The van der Waals surface area contributed by atoms with Crippen LogP contribution in [0.25, 0.3) is 0 Å². The van der Waals surface area contributed by atoms with Crippen LogP contribution in [0.1, 0.15) is 34.6 Å². The number of nitro benzene ring substituents is 1. The SMILES string of the molecule is CSc1ccc([N+](=O)[O-])c(C(=O)Nc2ccccc2C(=O)NCC(C)C)c1. The highest BCUT2D eigenvalue weighted by Gasteiger charge is 2.22. The molecule has 0 aromatic heterocycles. The molecule has 2 amide bonds. The summed E-state index contributed by atoms with van der Waals surface area (Å²) < 4.78 is 0. The molecule has 2 N–H and O–H groups in total. The maximum Gasteiger partial charge on any atom is 0.282 e. The Morgan fingerprint density at radius 2 is 1.81 bits per heavy atom. The molecule has 2 aromatic rings. The second kappa shape index (κ2) is 9.18. The van der Waals surface area contributed by atoms with Crippen LogP contribution < -0.4 is 10.6 Å². The largest absolute Gasteiger partial charge is 0.352 e. The van der Waals surface area contributed by atoms with Gasteiger partial charge in [0.15, 0.2) is 0 Å². The Balaban J connectivity index is 2.31. The zero-order chi connectivity index (χ0) is 20.0. The van der Waals surface area contributed by atoms with Gasteiger partial charge in [0.05, 0.1) is 16.2 Å². The first-order valence-corrected chi connectivity index (χ1v) is 9.57. The van der Waals surface area contributed by atoms with Crippen molar-refractivity contribution in [2.45, 2.75) is 18.7 Å². The molecule has 0 aliphatic heterocycles. The molecule has 0 bridgehead atoms. The van der Waals surface area contributed by atoms with Gasteiger partial charge in [0, 0.05) is 17.5 Å². The van der Waals surface area contributed by atoms with Crippen LogP contribution in [0.15, 0.2) is 47.4 Å². The number of anilines is 1. The molecule has 2 aromatic carbocycles. The van der Waals surface area contributed by atoms with Gasteiger partial charge in [-0.05, 0) is 36.4 Å². The fraction of sp³-hybridized carbons (Fsp3) is 0.263. The molecule has 0 heterocycles. The van der Waals surface area contributed by atoms with E-state index >= 15 is 0 Å². The van der Waals surface area contributed by atoms with Crippen molar-refractivity contribution < 1.29 is 14.5 Å². The minimum Gasteiger partial charge on any atom is -0.352 e. The van der Waals surface area contributed by atoms with Crippen molar-refractivity contribution in [3.8, 4) is 0 Å². The predicted molar refractivity (Wildman–Crippen MR) is 106 cm³/mol. The van der Waals surface area contributed by atoms with Crippen molar-refractivity contribution in [2.24, 2.45) is 5.92 Å². The highest BCUT2D eigenvalue weighted by atomic mass is 32.2. The van der Waals surface area contributed by atoms with Crippen LogP contribution in [0.5, 0.6) is 0 Å². The van der Waals surface area contributed by atoms with E-state index in [0.29, 0.717) is 17.8 Å². The standard InChI is InChI=1S/C19H21N3O4S/c1-12(2)11-20-18(23)14-6-4-5-7-16(14)21-19(24)15-10-13(27-3)8-9-17(15)22(25)26/h4-10,12H,11H2,1-3H3,(H,20,23)(H,21,24). The van der Waals surface area contributed by atoms with Crippen LogP contribution in [0.4, 0.5) is 11.4 Å². The second-order valence-corrected chi connectivity index (χ2v) is 7.12. The molecule has 0 unspecified atom stereocenters. The van der Waals surface area contributed by atoms with Crippen molar-refractivity contribution in [1.29, 1.82) is 0 Å². The van der Waals surface area contributed by atoms with E-state index in [-0.39, 0.29) is 23.1 Å². The van der Waals surface area contributed by atoms with Crippen LogP contribution in [-0.4, -0.2) is 29.5 Å². The van der Waals surface area contributed by atoms with Crippen LogP contribution in [0, 0.1) is 16.0 Å². The summed E-state index contributed by atoms with van der Waals surface area (Å²) in [4.78, 5) is 36.5. The third kappa shape index (κ3) is 5.30. The van der Waals surface area contributed by atoms with E-state index in [4.69, 9.17) is 0 Å². The normalized spacial score (nSPS) is 10.5. The molecule has 0 saturated heterocycles. The summed E-state index contributed by atoms with van der Waals surface area (Å²) >= 11 is 1.38. The molecule has 0 spiro atoms. The van der Waals surface area contributed by atoms with E-state index in [9.17, 15) is 19.7 Å². The van der Waals surface area contributed by atoms with Gasteiger partial charge in [-0.25, -0.2) is 0 Å². The van der Waals surface area contributed by atoms with Gasteiger partial charge in [-0.2, -0.15) is 0 Å². The summed E-state index contributed by atoms with van der Waals surface area (Å²) in [5.74, 6) is -0.665. The van der Waals surface area contributed by atoms with Crippen molar-refractivity contribution in [3.05, 3.63) is 63.7 Å². The topological polar surface area (TPSA) is 101 Å². The van der Waals surface area contributed by atoms with Crippen molar-refractivity contribution >= 4 is 35.0 Å². The third-order valence-electron chi connectivity index (χ3n) is 3.74. The molecule has 2 rings (SSSR count). The Labute approximate surface area is 161 Å². The molecule has 27 heavy (non-hydrogen) atoms. The van der Waals surface area contributed by atoms with Gasteiger partial charge in [-0.3, -0.25) is 19.7 Å². The first-order chi connectivity index (χ1) is 12.8. The minimum atomic E-state index is -0.637. The number of benzene rings is 2. The third-order valence-corrected chi connectivity index (χ3v) is 4.46. The molecule has 0 aliphatic rings. The molecule has 142 valence electrons. The number of carbonyl (C=O) groups excluding carboxylic acids is 2. The smallest absolute Gasteiger partial charge is 0.282 e. The molecule has 0 radical (unpaired) electrons. The Morgan fingerprint density at radius 3 is 2.44 bits per heavy atom. The quantitative estimate of drug-likeness (QED) is 0.425. The monoisotopic (exact) mass is 387 g/mol. The first-order valence-electron chi connectivity index (χ1n) is 8.34. The Kier molecular flexibility index (Phi) is 6.95. The first kappa shape index (κ1) is 20.4. The predicted octanol–water partition coefficient (Wildman–Crippen LogP) is 3.95. The van der Waals surface area contributed by atoms with E-state index in [1.807, 2.05) is 20.1 Å². The van der Waals surface area contributed by atoms with Crippen LogP contribution >= 0.6 is 11.8 Å². The number of nitrogens with zero attached hydrogens (tertiary/aromatic N) is 1. The molecular formula is C19H21N3O4S. The Bertz CT molecular complexity index is 868. The van der Waals surface area contributed by atoms with E-state index < -0.39 is 10.8 Å². The molecule has 0 atom stereocenters. The summed E-state index contributed by atoms with van der Waals surface area (Å²) in [6, 6.07) is 10.9. The van der Waals surface area contributed by atoms with Gasteiger partial charge in [0.1, 0.15) is 5.56 Å². The second-order valence-electron chi connectivity index (χ2n) is 6.24. The number of carbonyl (C=O) groups is 2. The van der Waals surface area contributed by atoms with E-state index in [0.717, 1.165) is 4.90 Å². The lowest BCUT2D eigenvalue weighted by atomic mass is 10.1. The van der Waals surface area contributed by atoms with Gasteiger partial charge >= 0.3 is 0 Å². The molecule has 0 fully saturated rings. The Hall–Kier alpha value is -2.87. The van der Waals surface area contributed by atoms with Gasteiger partial charge in [0.25, 0.3) is 17.5 Å². The minimum absolute atomic E-state index is 0.0516. The molecule has 7 nitrogen and oxygen atoms in total. The van der Waals surface area contributed by atoms with Gasteiger partial charge in [0.2, 0.25) is 0 Å². The summed E-state index contributed by atoms with van der Waals surface area (Å²) in [6.45, 7) is 4.46. The average Bonchev–Trinajstić information content (AvgIpc) is 2.65. The summed E-state index contributed by atoms with van der Waals surface area (Å²) in [5.41, 5.74) is 0.263. The zero-order valence-electron chi connectivity index (χ0n) is 15.3. The summed E-state index contributed by atoms with van der Waals surface area (Å²) in [7, 11) is 0. The highest BCUT2D eigenvalue weighted by molar-refractivity contribution is 7.98. The van der Waals surface area contributed by atoms with E-state index in [1.165, 1.54) is 23.9 Å². The Morgan fingerprint density at radius 1 is 1.11 bits per heavy atom. The fourth-order valence-corrected chi connectivity index (χ4v) is 2.79. The maximum absolute atomic E-state index is 12.7.